The Kier molecular flexibility index (Phi) is 3.99. The van der Waals surface area contributed by atoms with Gasteiger partial charge in [0, 0.05) is 6.54 Å². The lowest BCUT2D eigenvalue weighted by atomic mass is 9.78. The molecule has 4 nitrogen and oxygen atoms in total. The summed E-state index contributed by atoms with van der Waals surface area (Å²) in [5.74, 6) is -0.301. The van der Waals surface area contributed by atoms with Crippen molar-refractivity contribution in [2.75, 3.05) is 6.54 Å². The summed E-state index contributed by atoms with van der Waals surface area (Å²) in [6, 6.07) is 0. The molecule has 0 saturated heterocycles. The van der Waals surface area contributed by atoms with Crippen molar-refractivity contribution in [3.05, 3.63) is 0 Å². The molecular formula is C16H25NO3. The number of rotatable bonds is 4. The standard InChI is InChI=1S/C16H25NO3/c18-15(17-9-10-4-2-1-3-5-10)13-11-6-7-12(8-11)14(13)16(19)20/h10-14H,1-9H2,(H,17,18)(H,19,20)/t11-,12-,13-,14+/m0/s1. The average molecular weight is 279 g/mol. The Morgan fingerprint density at radius 2 is 1.60 bits per heavy atom. The predicted octanol–water partition coefficient (Wildman–Crippen LogP) is 2.43. The highest BCUT2D eigenvalue weighted by molar-refractivity contribution is 5.86. The van der Waals surface area contributed by atoms with Crippen molar-refractivity contribution in [2.24, 2.45) is 29.6 Å². The maximum Gasteiger partial charge on any atom is 0.307 e. The number of fused-ring (bicyclic) bond motifs is 2. The van der Waals surface area contributed by atoms with E-state index >= 15 is 0 Å². The third kappa shape index (κ3) is 2.57. The maximum absolute atomic E-state index is 12.4. The van der Waals surface area contributed by atoms with Crippen molar-refractivity contribution in [3.8, 4) is 0 Å². The summed E-state index contributed by atoms with van der Waals surface area (Å²) in [7, 11) is 0. The van der Waals surface area contributed by atoms with E-state index in [1.54, 1.807) is 0 Å². The van der Waals surface area contributed by atoms with Gasteiger partial charge in [-0.1, -0.05) is 19.3 Å². The smallest absolute Gasteiger partial charge is 0.307 e. The fraction of sp³-hybridized carbons (Fsp3) is 0.875. The van der Waals surface area contributed by atoms with Crippen LogP contribution in [0.1, 0.15) is 51.4 Å². The summed E-state index contributed by atoms with van der Waals surface area (Å²) < 4.78 is 0. The molecule has 4 atom stereocenters. The topological polar surface area (TPSA) is 66.4 Å². The molecule has 112 valence electrons. The number of carboxylic acid groups (broad SMARTS) is 1. The van der Waals surface area contributed by atoms with Gasteiger partial charge >= 0.3 is 5.97 Å². The summed E-state index contributed by atoms with van der Waals surface area (Å²) in [6.45, 7) is 0.749. The molecular weight excluding hydrogens is 254 g/mol. The second-order valence-corrected chi connectivity index (χ2v) is 6.97. The molecule has 0 aromatic carbocycles. The maximum atomic E-state index is 12.4. The number of carbonyl (C=O) groups is 2. The first-order chi connectivity index (χ1) is 9.66. The van der Waals surface area contributed by atoms with E-state index in [-0.39, 0.29) is 17.7 Å². The number of nitrogens with one attached hydrogen (secondary N) is 1. The number of carbonyl (C=O) groups excluding carboxylic acids is 1. The van der Waals surface area contributed by atoms with Gasteiger partial charge in [0.05, 0.1) is 11.8 Å². The normalized spacial score (nSPS) is 37.0. The van der Waals surface area contributed by atoms with E-state index in [1.807, 2.05) is 0 Å². The zero-order valence-corrected chi connectivity index (χ0v) is 12.0. The molecule has 0 spiro atoms. The van der Waals surface area contributed by atoms with Gasteiger partial charge in [-0.3, -0.25) is 9.59 Å². The summed E-state index contributed by atoms with van der Waals surface area (Å²) >= 11 is 0. The van der Waals surface area contributed by atoms with Gasteiger partial charge in [-0.2, -0.15) is 0 Å². The molecule has 2 bridgehead atoms. The van der Waals surface area contributed by atoms with Crippen molar-refractivity contribution >= 4 is 11.9 Å². The van der Waals surface area contributed by atoms with Gasteiger partial charge in [-0.25, -0.2) is 0 Å². The Morgan fingerprint density at radius 1 is 0.950 bits per heavy atom. The van der Waals surface area contributed by atoms with Crippen molar-refractivity contribution < 1.29 is 14.7 Å². The molecule has 0 heterocycles. The van der Waals surface area contributed by atoms with E-state index in [1.165, 1.54) is 32.1 Å². The lowest BCUT2D eigenvalue weighted by molar-refractivity contribution is -0.149. The third-order valence-electron chi connectivity index (χ3n) is 5.79. The van der Waals surface area contributed by atoms with E-state index in [0.717, 1.165) is 25.8 Å². The Morgan fingerprint density at radius 3 is 2.25 bits per heavy atom. The van der Waals surface area contributed by atoms with Crippen LogP contribution < -0.4 is 5.32 Å². The minimum Gasteiger partial charge on any atom is -0.481 e. The molecule has 0 radical (unpaired) electrons. The SMILES string of the molecule is O=C(O)[C@@H]1[C@H]2CC[C@@H](C2)[C@@H]1C(=O)NCC1CCCCC1. The first-order valence-corrected chi connectivity index (χ1v) is 8.17. The van der Waals surface area contributed by atoms with Gasteiger partial charge in [-0.15, -0.1) is 0 Å². The van der Waals surface area contributed by atoms with E-state index in [9.17, 15) is 14.7 Å². The molecule has 0 aromatic heterocycles. The largest absolute Gasteiger partial charge is 0.481 e. The predicted molar refractivity (Wildman–Crippen MR) is 75.0 cm³/mol. The number of carboxylic acids is 1. The van der Waals surface area contributed by atoms with E-state index in [2.05, 4.69) is 5.32 Å². The van der Waals surface area contributed by atoms with Crippen molar-refractivity contribution in [1.29, 1.82) is 0 Å². The van der Waals surface area contributed by atoms with Crippen LogP contribution >= 0.6 is 0 Å². The lowest BCUT2D eigenvalue weighted by Gasteiger charge is -2.28. The van der Waals surface area contributed by atoms with Gasteiger partial charge in [-0.05, 0) is 49.9 Å². The number of amides is 1. The van der Waals surface area contributed by atoms with E-state index in [0.29, 0.717) is 11.8 Å². The summed E-state index contributed by atoms with van der Waals surface area (Å²) in [5, 5.41) is 12.5. The minimum absolute atomic E-state index is 0.00942. The third-order valence-corrected chi connectivity index (χ3v) is 5.79. The van der Waals surface area contributed by atoms with Gasteiger partial charge < -0.3 is 10.4 Å². The van der Waals surface area contributed by atoms with Crippen molar-refractivity contribution in [3.63, 3.8) is 0 Å². The van der Waals surface area contributed by atoms with E-state index in [4.69, 9.17) is 0 Å². The Hall–Kier alpha value is -1.06. The first kappa shape index (κ1) is 13.9. The molecule has 1 amide bonds. The zero-order chi connectivity index (χ0) is 14.1. The van der Waals surface area contributed by atoms with Gasteiger partial charge in [0.1, 0.15) is 0 Å². The van der Waals surface area contributed by atoms with E-state index < -0.39 is 11.9 Å². The van der Waals surface area contributed by atoms with Crippen LogP contribution in [-0.4, -0.2) is 23.5 Å². The van der Waals surface area contributed by atoms with Crippen LogP contribution in [-0.2, 0) is 9.59 Å². The number of hydrogen-bond acceptors (Lipinski definition) is 2. The minimum atomic E-state index is -0.769. The van der Waals surface area contributed by atoms with Crippen LogP contribution in [0.3, 0.4) is 0 Å². The molecule has 3 aliphatic carbocycles. The molecule has 0 aromatic rings. The fourth-order valence-corrected chi connectivity index (χ4v) is 4.78. The summed E-state index contributed by atoms with van der Waals surface area (Å²) in [6.07, 6.45) is 9.25. The molecule has 0 aliphatic heterocycles. The number of hydrogen-bond donors (Lipinski definition) is 2. The molecule has 2 N–H and O–H groups in total. The van der Waals surface area contributed by atoms with Crippen LogP contribution in [0.2, 0.25) is 0 Å². The molecule has 3 aliphatic rings. The van der Waals surface area contributed by atoms with Crippen molar-refractivity contribution in [1.82, 2.24) is 5.32 Å². The van der Waals surface area contributed by atoms with Crippen LogP contribution in [0.15, 0.2) is 0 Å². The summed E-state index contributed by atoms with van der Waals surface area (Å²) in [4.78, 5) is 23.9. The Bertz CT molecular complexity index is 389. The van der Waals surface area contributed by atoms with Crippen molar-refractivity contribution in [2.45, 2.75) is 51.4 Å². The monoisotopic (exact) mass is 279 g/mol. The fourth-order valence-electron chi connectivity index (χ4n) is 4.78. The Labute approximate surface area is 120 Å². The van der Waals surface area contributed by atoms with Crippen LogP contribution in [0.25, 0.3) is 0 Å². The highest BCUT2D eigenvalue weighted by Crippen LogP contribution is 2.52. The summed E-state index contributed by atoms with van der Waals surface area (Å²) in [5.41, 5.74) is 0. The highest BCUT2D eigenvalue weighted by Gasteiger charge is 2.53. The average Bonchev–Trinajstić information content (AvgIpc) is 3.06. The lowest BCUT2D eigenvalue weighted by Crippen LogP contribution is -2.42. The molecule has 20 heavy (non-hydrogen) atoms. The highest BCUT2D eigenvalue weighted by atomic mass is 16.4. The molecule has 3 rings (SSSR count). The van der Waals surface area contributed by atoms with Gasteiger partial charge in [0.2, 0.25) is 5.91 Å². The van der Waals surface area contributed by atoms with Gasteiger partial charge in [0.15, 0.2) is 0 Å². The second kappa shape index (κ2) is 5.74. The first-order valence-electron chi connectivity index (χ1n) is 8.17. The molecule has 3 fully saturated rings. The van der Waals surface area contributed by atoms with Crippen LogP contribution in [0.4, 0.5) is 0 Å². The Balaban J connectivity index is 1.57. The van der Waals surface area contributed by atoms with Gasteiger partial charge in [0.25, 0.3) is 0 Å². The van der Waals surface area contributed by atoms with Crippen LogP contribution in [0.5, 0.6) is 0 Å². The molecule has 3 saturated carbocycles. The second-order valence-electron chi connectivity index (χ2n) is 6.97. The van der Waals surface area contributed by atoms with Crippen LogP contribution in [0, 0.1) is 29.6 Å². The zero-order valence-electron chi connectivity index (χ0n) is 12.0. The number of aliphatic carboxylic acids is 1. The molecule has 4 heteroatoms. The molecule has 0 unspecified atom stereocenters. The quantitative estimate of drug-likeness (QED) is 0.830.